The number of methoxy groups -OCH3 is 3. The van der Waals surface area contributed by atoms with E-state index in [0.29, 0.717) is 27.9 Å². The summed E-state index contributed by atoms with van der Waals surface area (Å²) in [5, 5.41) is 1.73. The second kappa shape index (κ2) is 7.67. The van der Waals surface area contributed by atoms with Gasteiger partial charge in [-0.2, -0.15) is 0 Å². The summed E-state index contributed by atoms with van der Waals surface area (Å²) in [6.07, 6.45) is 0.446. The van der Waals surface area contributed by atoms with E-state index >= 15 is 0 Å². The molecule has 0 spiro atoms. The van der Waals surface area contributed by atoms with Crippen molar-refractivity contribution in [3.05, 3.63) is 35.2 Å². The van der Waals surface area contributed by atoms with Gasteiger partial charge in [0.15, 0.2) is 11.5 Å². The first-order valence-electron chi connectivity index (χ1n) is 6.84. The molecule has 0 aliphatic carbocycles. The molecule has 1 N–H and O–H groups in total. The van der Waals surface area contributed by atoms with Gasteiger partial charge in [-0.05, 0) is 23.9 Å². The number of hydrogen-bond donors (Lipinski definition) is 1. The number of thiophene rings is 1. The van der Waals surface area contributed by atoms with E-state index in [4.69, 9.17) is 14.2 Å². The van der Waals surface area contributed by atoms with Crippen molar-refractivity contribution in [3.8, 4) is 17.2 Å². The third-order valence-electron chi connectivity index (χ3n) is 3.21. The van der Waals surface area contributed by atoms with E-state index < -0.39 is 10.0 Å². The predicted octanol–water partition coefficient (Wildman–Crippen LogP) is 2.29. The fourth-order valence-corrected chi connectivity index (χ4v) is 4.20. The van der Waals surface area contributed by atoms with Crippen molar-refractivity contribution in [3.63, 3.8) is 0 Å². The van der Waals surface area contributed by atoms with Gasteiger partial charge in [0.25, 0.3) is 0 Å². The number of hydrogen-bond acceptors (Lipinski definition) is 6. The minimum atomic E-state index is -3.47. The van der Waals surface area contributed by atoms with Gasteiger partial charge in [-0.1, -0.05) is 6.07 Å². The van der Waals surface area contributed by atoms with Gasteiger partial charge < -0.3 is 14.2 Å². The Bertz CT molecular complexity index is 741. The Morgan fingerprint density at radius 2 is 1.91 bits per heavy atom. The summed E-state index contributed by atoms with van der Waals surface area (Å²) in [6, 6.07) is 6.80. The van der Waals surface area contributed by atoms with Crippen LogP contribution < -0.4 is 18.9 Å². The summed E-state index contributed by atoms with van der Waals surface area (Å²) >= 11 is 1.18. The van der Waals surface area contributed by atoms with Gasteiger partial charge in [0.1, 0.15) is 9.96 Å². The third-order valence-corrected chi connectivity index (χ3v) is 6.07. The van der Waals surface area contributed by atoms with E-state index in [1.54, 1.807) is 51.0 Å². The van der Waals surface area contributed by atoms with Gasteiger partial charge in [0.2, 0.25) is 10.0 Å². The average Bonchev–Trinajstić information content (AvgIpc) is 3.09. The molecule has 0 aliphatic heterocycles. The smallest absolute Gasteiger partial charge is 0.250 e. The van der Waals surface area contributed by atoms with E-state index in [2.05, 4.69) is 4.72 Å². The Hall–Kier alpha value is -1.77. The lowest BCUT2D eigenvalue weighted by Gasteiger charge is -2.15. The summed E-state index contributed by atoms with van der Waals surface area (Å²) in [6.45, 7) is 0.243. The van der Waals surface area contributed by atoms with Crippen LogP contribution in [0.25, 0.3) is 0 Å². The zero-order valence-corrected chi connectivity index (χ0v) is 14.8. The molecule has 1 aromatic carbocycles. The van der Waals surface area contributed by atoms with Crippen molar-refractivity contribution in [2.75, 3.05) is 27.9 Å². The molecule has 0 fully saturated rings. The molecule has 1 heterocycles. The maximum Gasteiger partial charge on any atom is 0.250 e. The maximum absolute atomic E-state index is 12.1. The van der Waals surface area contributed by atoms with Crippen LogP contribution in [0.3, 0.4) is 0 Å². The van der Waals surface area contributed by atoms with Crippen LogP contribution in [0.1, 0.15) is 5.56 Å². The molecular formula is C15H19NO5S2. The van der Waals surface area contributed by atoms with Crippen LogP contribution in [-0.4, -0.2) is 36.3 Å². The Morgan fingerprint density at radius 3 is 2.48 bits per heavy atom. The first-order valence-corrected chi connectivity index (χ1v) is 9.20. The van der Waals surface area contributed by atoms with Gasteiger partial charge in [0.05, 0.1) is 21.3 Å². The summed E-state index contributed by atoms with van der Waals surface area (Å²) < 4.78 is 43.0. The average molecular weight is 357 g/mol. The predicted molar refractivity (Wildman–Crippen MR) is 89.3 cm³/mol. The minimum Gasteiger partial charge on any atom is -0.497 e. The highest BCUT2D eigenvalue weighted by molar-refractivity contribution is 7.91. The number of rotatable bonds is 8. The highest BCUT2D eigenvalue weighted by atomic mass is 32.2. The second-order valence-electron chi connectivity index (χ2n) is 4.60. The second-order valence-corrected chi connectivity index (χ2v) is 7.54. The van der Waals surface area contributed by atoms with Crippen LogP contribution in [0.15, 0.2) is 33.9 Å². The molecule has 6 nitrogen and oxygen atoms in total. The largest absolute Gasteiger partial charge is 0.497 e. The highest BCUT2D eigenvalue weighted by Gasteiger charge is 2.16. The van der Waals surface area contributed by atoms with Crippen molar-refractivity contribution in [1.29, 1.82) is 0 Å². The van der Waals surface area contributed by atoms with E-state index in [9.17, 15) is 8.42 Å². The molecule has 0 bridgehead atoms. The summed E-state index contributed by atoms with van der Waals surface area (Å²) in [7, 11) is 1.17. The lowest BCUT2D eigenvalue weighted by molar-refractivity contribution is 0.345. The third kappa shape index (κ3) is 4.15. The first kappa shape index (κ1) is 17.6. The van der Waals surface area contributed by atoms with E-state index in [1.807, 2.05) is 0 Å². The molecule has 0 saturated heterocycles. The molecule has 1 aromatic heterocycles. The standard InChI is InChI=1S/C15H19NO5S2/c1-19-12-9-11(15(21-3)13(10-12)20-2)6-7-16-23(17,18)14-5-4-8-22-14/h4-5,8-10,16H,6-7H2,1-3H3. The van der Waals surface area contributed by atoms with Crippen LogP contribution in [-0.2, 0) is 16.4 Å². The molecule has 0 unspecified atom stereocenters. The van der Waals surface area contributed by atoms with Gasteiger partial charge in [-0.15, -0.1) is 11.3 Å². The van der Waals surface area contributed by atoms with E-state index in [-0.39, 0.29) is 6.54 Å². The van der Waals surface area contributed by atoms with Crippen LogP contribution in [0.5, 0.6) is 17.2 Å². The molecular weight excluding hydrogens is 338 g/mol. The maximum atomic E-state index is 12.1. The molecule has 0 amide bonds. The fraction of sp³-hybridized carbons (Fsp3) is 0.333. The first-order chi connectivity index (χ1) is 11.0. The Morgan fingerprint density at radius 1 is 1.13 bits per heavy atom. The topological polar surface area (TPSA) is 73.9 Å². The normalized spacial score (nSPS) is 11.3. The van der Waals surface area contributed by atoms with Crippen LogP contribution in [0, 0.1) is 0 Å². The van der Waals surface area contributed by atoms with Crippen LogP contribution in [0.4, 0.5) is 0 Å². The van der Waals surface area contributed by atoms with Gasteiger partial charge in [-0.3, -0.25) is 0 Å². The Kier molecular flexibility index (Phi) is 5.86. The highest BCUT2D eigenvalue weighted by Crippen LogP contribution is 2.35. The van der Waals surface area contributed by atoms with Crippen molar-refractivity contribution in [2.24, 2.45) is 0 Å². The molecule has 2 aromatic rings. The molecule has 0 radical (unpaired) electrons. The molecule has 0 saturated carbocycles. The van der Waals surface area contributed by atoms with Gasteiger partial charge in [0, 0.05) is 18.2 Å². The SMILES string of the molecule is COc1cc(CCNS(=O)(=O)c2cccs2)c(OC)c(OC)c1. The minimum absolute atomic E-state index is 0.243. The molecule has 2 rings (SSSR count). The summed E-state index contributed by atoms with van der Waals surface area (Å²) in [4.78, 5) is 0. The quantitative estimate of drug-likeness (QED) is 0.785. The monoisotopic (exact) mass is 357 g/mol. The lowest BCUT2D eigenvalue weighted by atomic mass is 10.1. The molecule has 23 heavy (non-hydrogen) atoms. The summed E-state index contributed by atoms with van der Waals surface area (Å²) in [5.41, 5.74) is 0.803. The Balaban J connectivity index is 2.14. The van der Waals surface area contributed by atoms with Gasteiger partial charge >= 0.3 is 0 Å². The Labute approximate surface area is 140 Å². The van der Waals surface area contributed by atoms with Crippen LogP contribution >= 0.6 is 11.3 Å². The van der Waals surface area contributed by atoms with E-state index in [0.717, 1.165) is 5.56 Å². The fourth-order valence-electron chi connectivity index (χ4n) is 2.13. The molecule has 126 valence electrons. The molecule has 0 aliphatic rings. The number of benzene rings is 1. The number of nitrogens with one attached hydrogen (secondary N) is 1. The number of sulfonamides is 1. The summed E-state index contributed by atoms with van der Waals surface area (Å²) in [5.74, 6) is 1.74. The number of ether oxygens (including phenoxy) is 3. The van der Waals surface area contributed by atoms with Crippen molar-refractivity contribution < 1.29 is 22.6 Å². The van der Waals surface area contributed by atoms with Crippen molar-refractivity contribution in [1.82, 2.24) is 4.72 Å². The molecule has 8 heteroatoms. The zero-order chi connectivity index (χ0) is 16.9. The van der Waals surface area contributed by atoms with Crippen molar-refractivity contribution in [2.45, 2.75) is 10.6 Å². The van der Waals surface area contributed by atoms with Crippen LogP contribution in [0.2, 0.25) is 0 Å². The van der Waals surface area contributed by atoms with E-state index in [1.165, 1.54) is 11.3 Å². The van der Waals surface area contributed by atoms with Crippen molar-refractivity contribution >= 4 is 21.4 Å². The van der Waals surface area contributed by atoms with Gasteiger partial charge in [-0.25, -0.2) is 13.1 Å². The molecule has 0 atom stereocenters. The lowest BCUT2D eigenvalue weighted by Crippen LogP contribution is -2.25. The zero-order valence-electron chi connectivity index (χ0n) is 13.2.